The summed E-state index contributed by atoms with van der Waals surface area (Å²) in [5.41, 5.74) is 6.46. The molecule has 0 unspecified atom stereocenters. The van der Waals surface area contributed by atoms with Gasteiger partial charge >= 0.3 is 0 Å². The number of hydrogen-bond donors (Lipinski definition) is 3. The number of hydrogen-bond acceptors (Lipinski definition) is 4. The first-order valence-electron chi connectivity index (χ1n) is 6.52. The van der Waals surface area contributed by atoms with Crippen molar-refractivity contribution in [3.8, 4) is 0 Å². The first-order valence-corrected chi connectivity index (χ1v) is 6.52. The van der Waals surface area contributed by atoms with Gasteiger partial charge in [-0.25, -0.2) is 0 Å². The molecule has 21 heavy (non-hydrogen) atoms. The second-order valence-electron chi connectivity index (χ2n) is 4.26. The van der Waals surface area contributed by atoms with Gasteiger partial charge in [0.15, 0.2) is 0 Å². The van der Waals surface area contributed by atoms with Crippen molar-refractivity contribution in [1.29, 1.82) is 0 Å². The third kappa shape index (κ3) is 3.87. The van der Waals surface area contributed by atoms with Crippen LogP contribution in [-0.2, 0) is 0 Å². The van der Waals surface area contributed by atoms with Gasteiger partial charge in [0.1, 0.15) is 5.69 Å². The Labute approximate surface area is 122 Å². The summed E-state index contributed by atoms with van der Waals surface area (Å²) in [5, 5.41) is 5.36. The normalized spacial score (nSPS) is 9.95. The van der Waals surface area contributed by atoms with E-state index in [0.29, 0.717) is 24.3 Å². The van der Waals surface area contributed by atoms with E-state index in [1.54, 1.807) is 42.5 Å². The molecule has 0 aliphatic heterocycles. The summed E-state index contributed by atoms with van der Waals surface area (Å²) in [6.07, 6.45) is 1.54. The average Bonchev–Trinajstić information content (AvgIpc) is 2.54. The molecule has 6 nitrogen and oxygen atoms in total. The minimum Gasteiger partial charge on any atom is -0.351 e. The molecule has 0 atom stereocenters. The first kappa shape index (κ1) is 14.7. The summed E-state index contributed by atoms with van der Waals surface area (Å²) in [6, 6.07) is 11.8. The number of amides is 2. The van der Waals surface area contributed by atoms with Crippen molar-refractivity contribution in [2.24, 2.45) is 5.73 Å². The van der Waals surface area contributed by atoms with E-state index in [9.17, 15) is 9.59 Å². The number of benzene rings is 1. The van der Waals surface area contributed by atoms with Crippen LogP contribution in [-0.4, -0.2) is 29.9 Å². The molecule has 1 aromatic carbocycles. The van der Waals surface area contributed by atoms with Crippen LogP contribution in [0.15, 0.2) is 48.7 Å². The summed E-state index contributed by atoms with van der Waals surface area (Å²) in [4.78, 5) is 28.1. The molecule has 2 amide bonds. The molecule has 2 rings (SSSR count). The van der Waals surface area contributed by atoms with Crippen molar-refractivity contribution in [1.82, 2.24) is 10.3 Å². The molecule has 0 aliphatic rings. The molecule has 0 saturated heterocycles. The van der Waals surface area contributed by atoms with Gasteiger partial charge in [-0.15, -0.1) is 0 Å². The van der Waals surface area contributed by atoms with Crippen LogP contribution >= 0.6 is 0 Å². The third-order valence-corrected chi connectivity index (χ3v) is 2.75. The maximum Gasteiger partial charge on any atom is 0.274 e. The van der Waals surface area contributed by atoms with Crippen molar-refractivity contribution in [2.45, 2.75) is 0 Å². The molecule has 0 spiro atoms. The standard InChI is InChI=1S/C15H16N4O2/c16-8-10-18-14(20)11-5-1-2-6-12(11)19-15(21)13-7-3-4-9-17-13/h1-7,9H,8,10,16H2,(H,18,20)(H,19,21). The van der Waals surface area contributed by atoms with Crippen LogP contribution in [0.5, 0.6) is 0 Å². The van der Waals surface area contributed by atoms with Gasteiger partial charge in [-0.3, -0.25) is 14.6 Å². The molecule has 108 valence electrons. The zero-order chi connectivity index (χ0) is 15.1. The van der Waals surface area contributed by atoms with E-state index in [4.69, 9.17) is 5.73 Å². The van der Waals surface area contributed by atoms with E-state index < -0.39 is 0 Å². The molecule has 0 fully saturated rings. The van der Waals surface area contributed by atoms with Gasteiger partial charge in [-0.1, -0.05) is 18.2 Å². The van der Waals surface area contributed by atoms with Crippen LogP contribution in [0.25, 0.3) is 0 Å². The van der Waals surface area contributed by atoms with Crippen LogP contribution in [0.4, 0.5) is 5.69 Å². The molecule has 6 heteroatoms. The number of pyridine rings is 1. The summed E-state index contributed by atoms with van der Waals surface area (Å²) >= 11 is 0. The van der Waals surface area contributed by atoms with E-state index in [1.165, 1.54) is 6.20 Å². The number of carbonyl (C=O) groups excluding carboxylic acids is 2. The predicted octanol–water partition coefficient (Wildman–Crippen LogP) is 1.02. The predicted molar refractivity (Wildman–Crippen MR) is 80.0 cm³/mol. The maximum atomic E-state index is 12.1. The van der Waals surface area contributed by atoms with Crippen LogP contribution in [0.3, 0.4) is 0 Å². The van der Waals surface area contributed by atoms with Gasteiger partial charge in [0.2, 0.25) is 0 Å². The van der Waals surface area contributed by atoms with Crippen molar-refractivity contribution < 1.29 is 9.59 Å². The fraction of sp³-hybridized carbons (Fsp3) is 0.133. The third-order valence-electron chi connectivity index (χ3n) is 2.75. The number of carbonyl (C=O) groups is 2. The van der Waals surface area contributed by atoms with E-state index in [0.717, 1.165) is 0 Å². The number of nitrogens with two attached hydrogens (primary N) is 1. The maximum absolute atomic E-state index is 12.1. The van der Waals surface area contributed by atoms with E-state index in [1.807, 2.05) is 0 Å². The minimum absolute atomic E-state index is 0.280. The van der Waals surface area contributed by atoms with Gasteiger partial charge in [0.05, 0.1) is 11.3 Å². The average molecular weight is 284 g/mol. The number of nitrogens with one attached hydrogen (secondary N) is 2. The van der Waals surface area contributed by atoms with Crippen molar-refractivity contribution >= 4 is 17.5 Å². The van der Waals surface area contributed by atoms with Gasteiger partial charge < -0.3 is 16.4 Å². The lowest BCUT2D eigenvalue weighted by Crippen LogP contribution is -2.30. The highest BCUT2D eigenvalue weighted by Crippen LogP contribution is 2.15. The molecule has 1 aromatic heterocycles. The van der Waals surface area contributed by atoms with Crippen molar-refractivity contribution in [3.63, 3.8) is 0 Å². The SMILES string of the molecule is NCCNC(=O)c1ccccc1NC(=O)c1ccccn1. The Morgan fingerprint density at radius 2 is 1.81 bits per heavy atom. The Morgan fingerprint density at radius 3 is 2.52 bits per heavy atom. The fourth-order valence-corrected chi connectivity index (χ4v) is 1.75. The highest BCUT2D eigenvalue weighted by molar-refractivity contribution is 6.08. The van der Waals surface area contributed by atoms with E-state index in [2.05, 4.69) is 15.6 Å². The second-order valence-corrected chi connectivity index (χ2v) is 4.26. The smallest absolute Gasteiger partial charge is 0.274 e. The highest BCUT2D eigenvalue weighted by Gasteiger charge is 2.13. The van der Waals surface area contributed by atoms with Crippen molar-refractivity contribution in [3.05, 3.63) is 59.9 Å². The summed E-state index contributed by atoms with van der Waals surface area (Å²) in [7, 11) is 0. The zero-order valence-electron chi connectivity index (χ0n) is 11.4. The second kappa shape index (κ2) is 7.16. The summed E-state index contributed by atoms with van der Waals surface area (Å²) in [5.74, 6) is -0.646. The lowest BCUT2D eigenvalue weighted by Gasteiger charge is -2.10. The number of anilines is 1. The molecular weight excluding hydrogens is 268 g/mol. The molecular formula is C15H16N4O2. The Balaban J connectivity index is 2.17. The largest absolute Gasteiger partial charge is 0.351 e. The monoisotopic (exact) mass is 284 g/mol. The number of nitrogens with zero attached hydrogens (tertiary/aromatic N) is 1. The van der Waals surface area contributed by atoms with Crippen LogP contribution in [0, 0.1) is 0 Å². The number of aromatic nitrogens is 1. The Kier molecular flexibility index (Phi) is 5.00. The highest BCUT2D eigenvalue weighted by atomic mass is 16.2. The fourth-order valence-electron chi connectivity index (χ4n) is 1.75. The van der Waals surface area contributed by atoms with E-state index >= 15 is 0 Å². The molecule has 4 N–H and O–H groups in total. The molecule has 0 saturated carbocycles. The zero-order valence-corrected chi connectivity index (χ0v) is 11.4. The van der Waals surface area contributed by atoms with Gasteiger partial charge in [-0.05, 0) is 24.3 Å². The van der Waals surface area contributed by atoms with E-state index in [-0.39, 0.29) is 17.5 Å². The number of rotatable bonds is 5. The molecule has 2 aromatic rings. The Morgan fingerprint density at radius 1 is 1.05 bits per heavy atom. The lowest BCUT2D eigenvalue weighted by atomic mass is 10.1. The molecule has 0 bridgehead atoms. The summed E-state index contributed by atoms with van der Waals surface area (Å²) in [6.45, 7) is 0.732. The Hall–Kier alpha value is -2.73. The lowest BCUT2D eigenvalue weighted by molar-refractivity contribution is 0.0955. The quantitative estimate of drug-likeness (QED) is 0.763. The molecule has 1 heterocycles. The Bertz CT molecular complexity index is 629. The van der Waals surface area contributed by atoms with Crippen molar-refractivity contribution in [2.75, 3.05) is 18.4 Å². The van der Waals surface area contributed by atoms with Crippen LogP contribution < -0.4 is 16.4 Å². The molecule has 0 aliphatic carbocycles. The topological polar surface area (TPSA) is 97.1 Å². The molecule has 0 radical (unpaired) electrons. The first-order chi connectivity index (χ1) is 10.2. The van der Waals surface area contributed by atoms with Gasteiger partial charge in [0.25, 0.3) is 11.8 Å². The van der Waals surface area contributed by atoms with Gasteiger partial charge in [0, 0.05) is 19.3 Å². The number of para-hydroxylation sites is 1. The minimum atomic E-state index is -0.366. The summed E-state index contributed by atoms with van der Waals surface area (Å²) < 4.78 is 0. The van der Waals surface area contributed by atoms with Crippen LogP contribution in [0.1, 0.15) is 20.8 Å². The van der Waals surface area contributed by atoms with Gasteiger partial charge in [-0.2, -0.15) is 0 Å². The van der Waals surface area contributed by atoms with Crippen LogP contribution in [0.2, 0.25) is 0 Å².